The molecule has 1 rings (SSSR count). The van der Waals surface area contributed by atoms with E-state index in [1.54, 1.807) is 11.4 Å². The van der Waals surface area contributed by atoms with E-state index < -0.39 is 0 Å². The second-order valence-corrected chi connectivity index (χ2v) is 4.61. The molecule has 0 saturated carbocycles. The first-order chi connectivity index (χ1) is 7.60. The molecular weight excluding hydrogens is 224 g/mol. The molecule has 0 aliphatic heterocycles. The molecule has 16 heavy (non-hydrogen) atoms. The van der Waals surface area contributed by atoms with E-state index in [1.807, 2.05) is 19.9 Å². The molecule has 86 valence electrons. The molecule has 0 aliphatic rings. The van der Waals surface area contributed by atoms with Gasteiger partial charge in [0.2, 0.25) is 0 Å². The molecule has 0 fully saturated rings. The zero-order valence-corrected chi connectivity index (χ0v) is 10.0. The molecule has 0 aliphatic carbocycles. The van der Waals surface area contributed by atoms with Crippen molar-refractivity contribution in [3.05, 3.63) is 21.9 Å². The van der Waals surface area contributed by atoms with Crippen molar-refractivity contribution >= 4 is 17.2 Å². The van der Waals surface area contributed by atoms with Crippen molar-refractivity contribution < 1.29 is 9.90 Å². The Bertz CT molecular complexity index is 408. The van der Waals surface area contributed by atoms with Gasteiger partial charge >= 0.3 is 0 Å². The van der Waals surface area contributed by atoms with Gasteiger partial charge in [-0.2, -0.15) is 5.26 Å². The fraction of sp³-hybridized carbons (Fsp3) is 0.455. The summed E-state index contributed by atoms with van der Waals surface area (Å²) in [4.78, 5) is 12.2. The van der Waals surface area contributed by atoms with Gasteiger partial charge in [0.1, 0.15) is 10.9 Å². The van der Waals surface area contributed by atoms with Crippen LogP contribution < -0.4 is 5.32 Å². The molecule has 2 N–H and O–H groups in total. The van der Waals surface area contributed by atoms with Gasteiger partial charge in [-0.25, -0.2) is 0 Å². The highest BCUT2D eigenvalue weighted by atomic mass is 32.1. The van der Waals surface area contributed by atoms with Crippen molar-refractivity contribution in [2.24, 2.45) is 5.92 Å². The lowest BCUT2D eigenvalue weighted by Crippen LogP contribution is -2.38. The average molecular weight is 238 g/mol. The van der Waals surface area contributed by atoms with Gasteiger partial charge in [0.25, 0.3) is 5.91 Å². The summed E-state index contributed by atoms with van der Waals surface area (Å²) in [6.07, 6.45) is 0. The van der Waals surface area contributed by atoms with E-state index in [4.69, 9.17) is 10.4 Å². The van der Waals surface area contributed by atoms with Gasteiger partial charge in [-0.15, -0.1) is 11.3 Å². The van der Waals surface area contributed by atoms with Crippen LogP contribution in [-0.2, 0) is 0 Å². The predicted molar refractivity (Wildman–Crippen MR) is 62.2 cm³/mol. The van der Waals surface area contributed by atoms with Gasteiger partial charge < -0.3 is 10.4 Å². The Balaban J connectivity index is 2.70. The van der Waals surface area contributed by atoms with Gasteiger partial charge in [0.15, 0.2) is 0 Å². The van der Waals surface area contributed by atoms with Crippen LogP contribution in [0.25, 0.3) is 0 Å². The summed E-state index contributed by atoms with van der Waals surface area (Å²) in [5.74, 6) is -0.256. The van der Waals surface area contributed by atoms with Crippen LogP contribution in [0.15, 0.2) is 11.4 Å². The van der Waals surface area contributed by atoms with Gasteiger partial charge in [0, 0.05) is 12.6 Å². The Morgan fingerprint density at radius 3 is 2.94 bits per heavy atom. The number of aliphatic hydroxyl groups is 1. The molecule has 0 radical (unpaired) electrons. The molecule has 1 heterocycles. The maximum atomic E-state index is 11.8. The largest absolute Gasteiger partial charge is 0.396 e. The number of aliphatic hydroxyl groups excluding tert-OH is 1. The van der Waals surface area contributed by atoms with Crippen molar-refractivity contribution in [1.82, 2.24) is 5.32 Å². The zero-order valence-electron chi connectivity index (χ0n) is 9.23. The minimum Gasteiger partial charge on any atom is -0.396 e. The van der Waals surface area contributed by atoms with Crippen LogP contribution in [0.5, 0.6) is 0 Å². The number of carbonyl (C=O) groups excluding carboxylic acids is 1. The molecule has 0 aromatic carbocycles. The van der Waals surface area contributed by atoms with E-state index in [0.29, 0.717) is 10.4 Å². The number of nitrogens with zero attached hydrogens (tertiary/aromatic N) is 1. The quantitative estimate of drug-likeness (QED) is 0.832. The number of rotatable bonds is 4. The van der Waals surface area contributed by atoms with E-state index in [0.717, 1.165) is 0 Å². The van der Waals surface area contributed by atoms with E-state index in [-0.39, 0.29) is 24.5 Å². The maximum Gasteiger partial charge on any atom is 0.262 e. The summed E-state index contributed by atoms with van der Waals surface area (Å²) in [6, 6.07) is 3.48. The molecule has 2 unspecified atom stereocenters. The third-order valence-corrected chi connectivity index (χ3v) is 3.41. The van der Waals surface area contributed by atoms with Crippen molar-refractivity contribution in [1.29, 1.82) is 5.26 Å². The fourth-order valence-corrected chi connectivity index (χ4v) is 1.89. The lowest BCUT2D eigenvalue weighted by Gasteiger charge is -2.18. The Hall–Kier alpha value is -1.38. The first-order valence-electron chi connectivity index (χ1n) is 4.99. The van der Waals surface area contributed by atoms with E-state index >= 15 is 0 Å². The second kappa shape index (κ2) is 5.64. The van der Waals surface area contributed by atoms with Gasteiger partial charge in [-0.05, 0) is 24.3 Å². The van der Waals surface area contributed by atoms with Crippen molar-refractivity contribution in [3.63, 3.8) is 0 Å². The summed E-state index contributed by atoms with van der Waals surface area (Å²) >= 11 is 1.25. The third-order valence-electron chi connectivity index (χ3n) is 2.49. The molecule has 1 aromatic rings. The van der Waals surface area contributed by atoms with Crippen LogP contribution in [-0.4, -0.2) is 23.7 Å². The van der Waals surface area contributed by atoms with Crippen molar-refractivity contribution in [3.8, 4) is 6.07 Å². The fourth-order valence-electron chi connectivity index (χ4n) is 1.15. The van der Waals surface area contributed by atoms with Crippen LogP contribution in [0.3, 0.4) is 0 Å². The maximum absolute atomic E-state index is 11.8. The van der Waals surface area contributed by atoms with E-state index in [1.165, 1.54) is 11.3 Å². The topological polar surface area (TPSA) is 73.1 Å². The van der Waals surface area contributed by atoms with Gasteiger partial charge in [-0.1, -0.05) is 6.92 Å². The number of amides is 1. The highest BCUT2D eigenvalue weighted by molar-refractivity contribution is 7.12. The number of thiophene rings is 1. The van der Waals surface area contributed by atoms with Gasteiger partial charge in [-0.3, -0.25) is 4.79 Å². The summed E-state index contributed by atoms with van der Waals surface area (Å²) in [5.41, 5.74) is 0.395. The first kappa shape index (κ1) is 12.7. The lowest BCUT2D eigenvalue weighted by molar-refractivity contribution is 0.0920. The average Bonchev–Trinajstić information content (AvgIpc) is 2.75. The number of hydrogen-bond acceptors (Lipinski definition) is 4. The normalized spacial score (nSPS) is 13.9. The summed E-state index contributed by atoms with van der Waals surface area (Å²) in [6.45, 7) is 3.71. The van der Waals surface area contributed by atoms with Crippen molar-refractivity contribution in [2.75, 3.05) is 6.61 Å². The minimum atomic E-state index is -0.251. The molecule has 2 atom stereocenters. The zero-order chi connectivity index (χ0) is 12.1. The summed E-state index contributed by atoms with van der Waals surface area (Å²) in [7, 11) is 0. The first-order valence-corrected chi connectivity index (χ1v) is 5.87. The van der Waals surface area contributed by atoms with E-state index in [2.05, 4.69) is 5.32 Å². The highest BCUT2D eigenvalue weighted by Crippen LogP contribution is 2.16. The molecule has 0 spiro atoms. The standard InChI is InChI=1S/C11H14N2O2S/c1-7(6-14)8(2)13-11(15)10-9(5-12)3-4-16-10/h3-4,7-8,14H,6H2,1-2H3,(H,13,15). The Morgan fingerprint density at radius 1 is 1.69 bits per heavy atom. The Morgan fingerprint density at radius 2 is 2.38 bits per heavy atom. The van der Waals surface area contributed by atoms with Crippen LogP contribution in [0.1, 0.15) is 29.1 Å². The van der Waals surface area contributed by atoms with Crippen LogP contribution in [0.2, 0.25) is 0 Å². The smallest absolute Gasteiger partial charge is 0.262 e. The molecular formula is C11H14N2O2S. The second-order valence-electron chi connectivity index (χ2n) is 3.70. The van der Waals surface area contributed by atoms with Crippen molar-refractivity contribution in [2.45, 2.75) is 19.9 Å². The van der Waals surface area contributed by atoms with Gasteiger partial charge in [0.05, 0.1) is 5.56 Å². The highest BCUT2D eigenvalue weighted by Gasteiger charge is 2.18. The molecule has 0 bridgehead atoms. The predicted octanol–water partition coefficient (Wildman–Crippen LogP) is 1.37. The molecule has 1 aromatic heterocycles. The van der Waals surface area contributed by atoms with E-state index in [9.17, 15) is 4.79 Å². The van der Waals surface area contributed by atoms with Crippen LogP contribution in [0.4, 0.5) is 0 Å². The Labute approximate surface area is 98.5 Å². The third kappa shape index (κ3) is 2.81. The molecule has 0 saturated heterocycles. The van der Waals surface area contributed by atoms with Crippen LogP contribution in [0, 0.1) is 17.2 Å². The molecule has 5 heteroatoms. The number of nitriles is 1. The molecule has 1 amide bonds. The lowest BCUT2D eigenvalue weighted by atomic mass is 10.1. The number of hydrogen-bond donors (Lipinski definition) is 2. The molecule has 4 nitrogen and oxygen atoms in total. The Kier molecular flexibility index (Phi) is 4.47. The number of nitrogens with one attached hydrogen (secondary N) is 1. The monoisotopic (exact) mass is 238 g/mol. The summed E-state index contributed by atoms with van der Waals surface area (Å²) < 4.78 is 0. The SMILES string of the molecule is CC(CO)C(C)NC(=O)c1sccc1C#N. The minimum absolute atomic E-state index is 0.00514. The summed E-state index contributed by atoms with van der Waals surface area (Å²) in [5, 5.41) is 22.2. The number of carbonyl (C=O) groups is 1. The van der Waals surface area contributed by atoms with Crippen LogP contribution >= 0.6 is 11.3 Å².